The van der Waals surface area contributed by atoms with Gasteiger partial charge in [0.2, 0.25) is 0 Å². The van der Waals surface area contributed by atoms with Gasteiger partial charge < -0.3 is 14.8 Å². The van der Waals surface area contributed by atoms with Gasteiger partial charge in [0.1, 0.15) is 5.82 Å². The molecule has 0 bridgehead atoms. The van der Waals surface area contributed by atoms with Crippen LogP contribution in [0.2, 0.25) is 0 Å². The number of benzene rings is 3. The third-order valence-corrected chi connectivity index (χ3v) is 7.34. The highest BCUT2D eigenvalue weighted by molar-refractivity contribution is 6.04. The van der Waals surface area contributed by atoms with E-state index in [1.165, 1.54) is 12.1 Å². The highest BCUT2D eigenvalue weighted by Crippen LogP contribution is 2.51. The highest BCUT2D eigenvalue weighted by atomic mass is 19.1. The van der Waals surface area contributed by atoms with E-state index in [1.807, 2.05) is 18.3 Å². The van der Waals surface area contributed by atoms with Gasteiger partial charge in [0.25, 0.3) is 0 Å². The number of hydrogen-bond acceptors (Lipinski definition) is 3. The first-order valence-corrected chi connectivity index (χ1v) is 11.4. The van der Waals surface area contributed by atoms with Crippen molar-refractivity contribution in [3.63, 3.8) is 0 Å². The van der Waals surface area contributed by atoms with Crippen molar-refractivity contribution in [3.8, 4) is 16.8 Å². The average molecular weight is 455 g/mol. The molecule has 1 aromatic heterocycles. The van der Waals surface area contributed by atoms with Crippen LogP contribution in [0.3, 0.4) is 0 Å². The minimum absolute atomic E-state index is 0.00585. The SMILES string of the molecule is O=C(O)c1ccc(-c2c(C3(CO)CCC3)n(-c3ccc(F)cc3)c3cc4c(cc23)CN=C4)cc1. The Morgan fingerprint density at radius 2 is 1.79 bits per heavy atom. The number of carbonyl (C=O) groups is 1. The monoisotopic (exact) mass is 454 g/mol. The van der Waals surface area contributed by atoms with Crippen molar-refractivity contribution >= 4 is 23.1 Å². The first-order chi connectivity index (χ1) is 16.5. The fraction of sp³-hybridized carbons (Fsp3) is 0.214. The number of aromatic carboxylic acids is 1. The van der Waals surface area contributed by atoms with Gasteiger partial charge in [-0.15, -0.1) is 0 Å². The predicted octanol–water partition coefficient (Wildman–Crippen LogP) is 5.48. The molecule has 1 fully saturated rings. The first-order valence-electron chi connectivity index (χ1n) is 11.4. The summed E-state index contributed by atoms with van der Waals surface area (Å²) in [7, 11) is 0. The van der Waals surface area contributed by atoms with Crippen LogP contribution in [0.5, 0.6) is 0 Å². The topological polar surface area (TPSA) is 74.8 Å². The van der Waals surface area contributed by atoms with E-state index < -0.39 is 11.4 Å². The Labute approximate surface area is 195 Å². The number of aliphatic hydroxyl groups excluding tert-OH is 1. The number of fused-ring (bicyclic) bond motifs is 2. The standard InChI is InChI=1S/C28H23FN2O3/c29-21-6-8-22(9-7-21)31-24-13-20-15-30-14-19(20)12-23(24)25(26(31)28(16-32)10-1-11-28)17-2-4-18(5-3-17)27(33)34/h2-9,12-13,15,32H,1,10-11,14,16H2,(H,33,34). The molecule has 4 aromatic rings. The first kappa shape index (κ1) is 20.8. The van der Waals surface area contributed by atoms with Crippen molar-refractivity contribution in [3.05, 3.63) is 88.9 Å². The number of aromatic nitrogens is 1. The second-order valence-electron chi connectivity index (χ2n) is 9.25. The molecule has 2 heterocycles. The molecule has 6 rings (SSSR count). The molecule has 0 radical (unpaired) electrons. The van der Waals surface area contributed by atoms with Crippen LogP contribution in [0, 0.1) is 5.82 Å². The smallest absolute Gasteiger partial charge is 0.335 e. The van der Waals surface area contributed by atoms with Gasteiger partial charge in [-0.1, -0.05) is 18.6 Å². The maximum Gasteiger partial charge on any atom is 0.335 e. The summed E-state index contributed by atoms with van der Waals surface area (Å²) in [5.74, 6) is -1.28. The van der Waals surface area contributed by atoms with Crippen molar-refractivity contribution in [2.75, 3.05) is 6.61 Å². The Bertz CT molecular complexity index is 1460. The lowest BCUT2D eigenvalue weighted by Crippen LogP contribution is -2.40. The summed E-state index contributed by atoms with van der Waals surface area (Å²) >= 11 is 0. The number of nitrogens with zero attached hydrogens (tertiary/aromatic N) is 2. The molecule has 1 aliphatic heterocycles. The highest BCUT2D eigenvalue weighted by Gasteiger charge is 2.44. The molecular weight excluding hydrogens is 431 g/mol. The average Bonchev–Trinajstić information content (AvgIpc) is 3.40. The lowest BCUT2D eigenvalue weighted by atomic mass is 9.65. The lowest BCUT2D eigenvalue weighted by molar-refractivity contribution is 0.0697. The van der Waals surface area contributed by atoms with Gasteiger partial charge in [-0.2, -0.15) is 0 Å². The third kappa shape index (κ3) is 3.02. The molecule has 0 spiro atoms. The number of hydrogen-bond donors (Lipinski definition) is 2. The van der Waals surface area contributed by atoms with Crippen LogP contribution in [-0.2, 0) is 12.0 Å². The van der Waals surface area contributed by atoms with Crippen molar-refractivity contribution in [1.29, 1.82) is 0 Å². The van der Waals surface area contributed by atoms with Crippen LogP contribution < -0.4 is 0 Å². The molecule has 5 nitrogen and oxygen atoms in total. The van der Waals surface area contributed by atoms with E-state index in [2.05, 4.69) is 21.7 Å². The van der Waals surface area contributed by atoms with E-state index in [0.717, 1.165) is 63.8 Å². The molecule has 0 atom stereocenters. The fourth-order valence-corrected chi connectivity index (χ4v) is 5.40. The molecule has 3 aromatic carbocycles. The van der Waals surface area contributed by atoms with Crippen LogP contribution in [0.1, 0.15) is 46.4 Å². The molecular formula is C28H23FN2O3. The van der Waals surface area contributed by atoms with Crippen molar-refractivity contribution < 1.29 is 19.4 Å². The lowest BCUT2D eigenvalue weighted by Gasteiger charge is -2.42. The second kappa shape index (κ2) is 7.64. The van der Waals surface area contributed by atoms with Crippen LogP contribution in [0.25, 0.3) is 27.7 Å². The molecule has 0 saturated heterocycles. The molecule has 1 aliphatic carbocycles. The molecule has 6 heteroatoms. The van der Waals surface area contributed by atoms with Gasteiger partial charge in [0.15, 0.2) is 0 Å². The van der Waals surface area contributed by atoms with Gasteiger partial charge >= 0.3 is 5.97 Å². The summed E-state index contributed by atoms with van der Waals surface area (Å²) in [6.07, 6.45) is 4.60. The summed E-state index contributed by atoms with van der Waals surface area (Å²) in [4.78, 5) is 15.9. The summed E-state index contributed by atoms with van der Waals surface area (Å²) in [5.41, 5.74) is 6.64. The normalized spacial score (nSPS) is 15.9. The predicted molar refractivity (Wildman–Crippen MR) is 130 cm³/mol. The van der Waals surface area contributed by atoms with Gasteiger partial charge in [0, 0.05) is 34.0 Å². The van der Waals surface area contributed by atoms with Crippen LogP contribution >= 0.6 is 0 Å². The van der Waals surface area contributed by atoms with Gasteiger partial charge in [0.05, 0.1) is 24.2 Å². The van der Waals surface area contributed by atoms with E-state index >= 15 is 0 Å². The summed E-state index contributed by atoms with van der Waals surface area (Å²) < 4.78 is 16.0. The van der Waals surface area contributed by atoms with Crippen LogP contribution in [-0.4, -0.2) is 33.6 Å². The van der Waals surface area contributed by atoms with E-state index in [0.29, 0.717) is 6.54 Å². The Hall–Kier alpha value is -3.77. The number of aliphatic hydroxyl groups is 1. The zero-order valence-electron chi connectivity index (χ0n) is 18.5. The molecule has 0 unspecified atom stereocenters. The number of carboxylic acid groups (broad SMARTS) is 1. The van der Waals surface area contributed by atoms with Gasteiger partial charge in [-0.25, -0.2) is 9.18 Å². The summed E-state index contributed by atoms with van der Waals surface area (Å²) in [5, 5.41) is 21.0. The third-order valence-electron chi connectivity index (χ3n) is 7.34. The van der Waals surface area contributed by atoms with Gasteiger partial charge in [-0.3, -0.25) is 4.99 Å². The van der Waals surface area contributed by atoms with E-state index in [1.54, 1.807) is 24.3 Å². The Balaban J connectivity index is 1.73. The minimum Gasteiger partial charge on any atom is -0.478 e. The van der Waals surface area contributed by atoms with Crippen LogP contribution in [0.4, 0.5) is 4.39 Å². The molecule has 0 amide bonds. The molecule has 2 N–H and O–H groups in total. The second-order valence-corrected chi connectivity index (χ2v) is 9.25. The van der Waals surface area contributed by atoms with E-state index in [-0.39, 0.29) is 18.0 Å². The number of aliphatic imine (C=N–C) groups is 1. The quantitative estimate of drug-likeness (QED) is 0.419. The Morgan fingerprint density at radius 3 is 2.41 bits per heavy atom. The maximum atomic E-state index is 13.8. The largest absolute Gasteiger partial charge is 0.478 e. The molecule has 1 saturated carbocycles. The summed E-state index contributed by atoms with van der Waals surface area (Å²) in [6, 6.07) is 17.6. The zero-order valence-corrected chi connectivity index (χ0v) is 18.5. The zero-order chi connectivity index (χ0) is 23.4. The van der Waals surface area contributed by atoms with E-state index in [4.69, 9.17) is 0 Å². The molecule has 34 heavy (non-hydrogen) atoms. The number of halogens is 1. The van der Waals surface area contributed by atoms with Crippen molar-refractivity contribution in [1.82, 2.24) is 4.57 Å². The maximum absolute atomic E-state index is 13.8. The molecule has 2 aliphatic rings. The Kier molecular flexibility index (Phi) is 4.67. The van der Waals surface area contributed by atoms with Crippen molar-refractivity contribution in [2.45, 2.75) is 31.2 Å². The minimum atomic E-state index is -0.971. The Morgan fingerprint density at radius 1 is 1.06 bits per heavy atom. The summed E-state index contributed by atoms with van der Waals surface area (Å²) in [6.45, 7) is 0.622. The molecule has 170 valence electrons. The van der Waals surface area contributed by atoms with E-state index in [9.17, 15) is 19.4 Å². The number of carboxylic acids is 1. The van der Waals surface area contributed by atoms with Crippen molar-refractivity contribution in [2.24, 2.45) is 4.99 Å². The van der Waals surface area contributed by atoms with Gasteiger partial charge in [-0.05, 0) is 78.1 Å². The van der Waals surface area contributed by atoms with Crippen LogP contribution in [0.15, 0.2) is 65.7 Å². The fourth-order valence-electron chi connectivity index (χ4n) is 5.40. The number of rotatable bonds is 5.